The molecule has 7 atom stereocenters. The number of halogens is 2. The maximum absolute atomic E-state index is 15.2. The molecule has 5 N–H and O–H groups in total. The molecule has 0 aliphatic heterocycles. The van der Waals surface area contributed by atoms with Gasteiger partial charge >= 0.3 is 23.0 Å². The Morgan fingerprint density at radius 1 is 1.27 bits per heavy atom. The van der Waals surface area contributed by atoms with Crippen molar-refractivity contribution in [3.05, 3.63) is 12.7 Å². The SMILES string of the molecule is CP(=O)(O)OP(C)(=O)OP(=O)(O)OC[C@@]1(CCl)C[C@@H](n2cnc3c(N)ncnc32)[C@H](F)[C@@H]1O. The Kier molecular flexibility index (Phi) is 7.45. The Hall–Kier alpha value is -0.980. The first-order chi connectivity index (χ1) is 15.1. The van der Waals surface area contributed by atoms with Gasteiger partial charge in [0, 0.05) is 24.6 Å². The summed E-state index contributed by atoms with van der Waals surface area (Å²) in [5.74, 6) is -0.320. The predicted molar refractivity (Wildman–Crippen MR) is 115 cm³/mol. The summed E-state index contributed by atoms with van der Waals surface area (Å²) in [7, 11) is -14.0. The number of nitrogens with zero attached hydrogens (tertiary/aromatic N) is 4. The van der Waals surface area contributed by atoms with Crippen LogP contribution in [0.4, 0.5) is 10.2 Å². The fourth-order valence-corrected chi connectivity index (χ4v) is 8.63. The molecule has 186 valence electrons. The summed E-state index contributed by atoms with van der Waals surface area (Å²) in [6.07, 6.45) is -1.38. The minimum Gasteiger partial charge on any atom is -0.389 e. The number of rotatable bonds is 9. The van der Waals surface area contributed by atoms with Gasteiger partial charge in [0.05, 0.1) is 25.1 Å². The molecule has 2 aromatic heterocycles. The Labute approximate surface area is 191 Å². The zero-order valence-electron chi connectivity index (χ0n) is 17.3. The molecule has 33 heavy (non-hydrogen) atoms. The van der Waals surface area contributed by atoms with E-state index < -0.39 is 59.2 Å². The molecular formula is C14H22ClFN5O9P3. The first-order valence-corrected chi connectivity index (χ1v) is 15.2. The van der Waals surface area contributed by atoms with Gasteiger partial charge in [0.2, 0.25) is 0 Å². The maximum atomic E-state index is 15.2. The Balaban J connectivity index is 1.80. The largest absolute Gasteiger partial charge is 0.479 e. The van der Waals surface area contributed by atoms with E-state index in [0.717, 1.165) is 0 Å². The average molecular weight is 552 g/mol. The molecule has 1 aliphatic carbocycles. The van der Waals surface area contributed by atoms with Crippen LogP contribution in [-0.2, 0) is 26.8 Å². The molecule has 19 heteroatoms. The zero-order chi connectivity index (χ0) is 24.8. The van der Waals surface area contributed by atoms with Crippen molar-refractivity contribution in [1.29, 1.82) is 0 Å². The number of aliphatic hydroxyl groups is 1. The molecular weight excluding hydrogens is 530 g/mol. The fraction of sp³-hybridized carbons (Fsp3) is 0.643. The lowest BCUT2D eigenvalue weighted by Crippen LogP contribution is -2.40. The highest BCUT2D eigenvalue weighted by atomic mass is 35.5. The van der Waals surface area contributed by atoms with Crippen LogP contribution in [0.25, 0.3) is 11.2 Å². The number of nitrogen functional groups attached to an aromatic ring is 1. The number of fused-ring (bicyclic) bond motifs is 1. The molecule has 2 heterocycles. The minimum atomic E-state index is -5.15. The molecule has 0 aromatic carbocycles. The summed E-state index contributed by atoms with van der Waals surface area (Å²) in [6, 6.07) is -1.04. The second kappa shape index (κ2) is 9.23. The van der Waals surface area contributed by atoms with Crippen LogP contribution in [0.15, 0.2) is 12.7 Å². The molecule has 0 bridgehead atoms. The standard InChI is InChI=1S/C14H22ClFN5O9P3/c1-31(23,24)29-32(2,25)30-33(26,27)28-5-14(4-15)3-8(9(16)11(14)22)21-7-20-10-12(17)18-6-19-13(10)21/h6-9,11,22H,3-5H2,1-2H3,(H,23,24)(H,26,27)(H2,17,18,19)/t8-,9+,11+,14+,32?/m1/s1. The zero-order valence-corrected chi connectivity index (χ0v) is 20.7. The number of hydrogen-bond acceptors (Lipinski definition) is 11. The van der Waals surface area contributed by atoms with Crippen molar-refractivity contribution in [3.63, 3.8) is 0 Å². The van der Waals surface area contributed by atoms with E-state index in [4.69, 9.17) is 26.8 Å². The minimum absolute atomic E-state index is 0.0729. The van der Waals surface area contributed by atoms with E-state index >= 15 is 4.39 Å². The highest BCUT2D eigenvalue weighted by Gasteiger charge is 2.55. The molecule has 3 rings (SSSR count). The third kappa shape index (κ3) is 5.82. The van der Waals surface area contributed by atoms with Crippen molar-refractivity contribution >= 4 is 51.6 Å². The van der Waals surface area contributed by atoms with Gasteiger partial charge in [-0.05, 0) is 6.42 Å². The van der Waals surface area contributed by atoms with Crippen LogP contribution < -0.4 is 5.73 Å². The Morgan fingerprint density at radius 3 is 2.55 bits per heavy atom. The van der Waals surface area contributed by atoms with Crippen molar-refractivity contribution in [2.24, 2.45) is 5.41 Å². The molecule has 0 spiro atoms. The van der Waals surface area contributed by atoms with E-state index in [2.05, 4.69) is 23.6 Å². The summed E-state index contributed by atoms with van der Waals surface area (Å²) < 4.78 is 65.7. The molecule has 1 fully saturated rings. The third-order valence-corrected chi connectivity index (χ3v) is 10.4. The number of aromatic nitrogens is 4. The molecule has 0 amide bonds. The monoisotopic (exact) mass is 551 g/mol. The van der Waals surface area contributed by atoms with Gasteiger partial charge < -0.3 is 25.2 Å². The van der Waals surface area contributed by atoms with Crippen LogP contribution in [0.2, 0.25) is 0 Å². The lowest BCUT2D eigenvalue weighted by atomic mass is 9.87. The summed E-state index contributed by atoms with van der Waals surface area (Å²) in [5, 5.41) is 10.6. The van der Waals surface area contributed by atoms with Gasteiger partial charge in [0.15, 0.2) is 11.5 Å². The molecule has 0 saturated heterocycles. The van der Waals surface area contributed by atoms with Crippen molar-refractivity contribution < 1.29 is 46.1 Å². The second-order valence-corrected chi connectivity index (χ2v) is 13.6. The Bertz CT molecular complexity index is 1180. The summed E-state index contributed by atoms with van der Waals surface area (Å²) in [4.78, 5) is 31.0. The molecule has 0 radical (unpaired) electrons. The van der Waals surface area contributed by atoms with Gasteiger partial charge in [-0.15, -0.1) is 11.6 Å². The van der Waals surface area contributed by atoms with Crippen molar-refractivity contribution in [2.75, 3.05) is 31.6 Å². The van der Waals surface area contributed by atoms with Crippen molar-refractivity contribution in [1.82, 2.24) is 19.5 Å². The molecule has 1 saturated carbocycles. The van der Waals surface area contributed by atoms with Gasteiger partial charge in [-0.25, -0.2) is 32.5 Å². The first kappa shape index (κ1) is 26.6. The van der Waals surface area contributed by atoms with E-state index in [1.807, 2.05) is 0 Å². The quantitative estimate of drug-likeness (QED) is 0.260. The lowest BCUT2D eigenvalue weighted by molar-refractivity contribution is -0.00942. The smallest absolute Gasteiger partial charge is 0.389 e. The third-order valence-electron chi connectivity index (χ3n) is 4.99. The van der Waals surface area contributed by atoms with E-state index in [9.17, 15) is 23.7 Å². The van der Waals surface area contributed by atoms with Crippen molar-refractivity contribution in [2.45, 2.75) is 24.7 Å². The van der Waals surface area contributed by atoms with Gasteiger partial charge in [0.1, 0.15) is 18.0 Å². The molecule has 2 aromatic rings. The predicted octanol–water partition coefficient (Wildman–Crippen LogP) is 2.07. The maximum Gasteiger partial charge on any atom is 0.479 e. The van der Waals surface area contributed by atoms with Gasteiger partial charge in [-0.2, -0.15) is 0 Å². The van der Waals surface area contributed by atoms with E-state index in [1.54, 1.807) is 0 Å². The summed E-state index contributed by atoms with van der Waals surface area (Å²) in [6.45, 7) is 0.612. The number of phosphoric acid groups is 1. The lowest BCUT2D eigenvalue weighted by Gasteiger charge is -2.30. The summed E-state index contributed by atoms with van der Waals surface area (Å²) >= 11 is 6.01. The second-order valence-electron chi connectivity index (χ2n) is 7.72. The number of imidazole rings is 1. The fourth-order valence-electron chi connectivity index (χ4n) is 3.59. The van der Waals surface area contributed by atoms with E-state index in [1.165, 1.54) is 17.2 Å². The van der Waals surface area contributed by atoms with Crippen LogP contribution >= 0.6 is 34.6 Å². The van der Waals surface area contributed by atoms with Gasteiger partial charge in [-0.1, -0.05) is 0 Å². The number of alkyl halides is 2. The van der Waals surface area contributed by atoms with E-state index in [-0.39, 0.29) is 23.4 Å². The topological polar surface area (TPSA) is 209 Å². The van der Waals surface area contributed by atoms with Gasteiger partial charge in [0.25, 0.3) is 0 Å². The summed E-state index contributed by atoms with van der Waals surface area (Å²) in [5.41, 5.74) is 4.61. The van der Waals surface area contributed by atoms with Crippen LogP contribution in [0, 0.1) is 5.41 Å². The van der Waals surface area contributed by atoms with Crippen LogP contribution in [0.1, 0.15) is 12.5 Å². The highest BCUT2D eigenvalue weighted by molar-refractivity contribution is 7.70. The number of anilines is 1. The first-order valence-electron chi connectivity index (χ1n) is 9.19. The van der Waals surface area contributed by atoms with Gasteiger partial charge in [-0.3, -0.25) is 13.7 Å². The molecule has 3 unspecified atom stereocenters. The number of aliphatic hydroxyl groups excluding tert-OH is 1. The van der Waals surface area contributed by atoms with Crippen LogP contribution in [-0.4, -0.2) is 72.5 Å². The van der Waals surface area contributed by atoms with Crippen molar-refractivity contribution in [3.8, 4) is 0 Å². The average Bonchev–Trinajstić information content (AvgIpc) is 3.19. The van der Waals surface area contributed by atoms with E-state index in [0.29, 0.717) is 13.3 Å². The highest BCUT2D eigenvalue weighted by Crippen LogP contribution is 2.67. The Morgan fingerprint density at radius 2 is 1.94 bits per heavy atom. The molecule has 1 aliphatic rings. The van der Waals surface area contributed by atoms with Crippen LogP contribution in [0.3, 0.4) is 0 Å². The molecule has 14 nitrogen and oxygen atoms in total. The van der Waals surface area contributed by atoms with Crippen LogP contribution in [0.5, 0.6) is 0 Å². The normalized spacial score (nSPS) is 31.2. The number of hydrogen-bond donors (Lipinski definition) is 4. The number of nitrogens with two attached hydrogens (primary N) is 1. The number of phosphoric ester groups is 1.